The molecule has 0 bridgehead atoms. The molecule has 0 spiro atoms. The van der Waals surface area contributed by atoms with Gasteiger partial charge in [0.15, 0.2) is 11.6 Å². The van der Waals surface area contributed by atoms with Crippen molar-refractivity contribution in [1.29, 1.82) is 0 Å². The minimum atomic E-state index is 0.436. The van der Waals surface area contributed by atoms with Crippen LogP contribution in [0.15, 0.2) is 55.0 Å². The van der Waals surface area contributed by atoms with E-state index in [9.17, 15) is 0 Å². The summed E-state index contributed by atoms with van der Waals surface area (Å²) in [5, 5.41) is 9.25. The van der Waals surface area contributed by atoms with Crippen molar-refractivity contribution in [3.63, 3.8) is 0 Å². The Kier molecular flexibility index (Phi) is 4.97. The normalized spacial score (nSPS) is 11.2. The molecule has 0 radical (unpaired) electrons. The molecule has 4 aromatic rings. The van der Waals surface area contributed by atoms with E-state index in [1.165, 1.54) is 5.56 Å². The van der Waals surface area contributed by atoms with Gasteiger partial charge >= 0.3 is 0 Å². The molecule has 2 aromatic heterocycles. The summed E-state index contributed by atoms with van der Waals surface area (Å²) in [5.74, 6) is 2.04. The Morgan fingerprint density at radius 1 is 0.862 bits per heavy atom. The summed E-state index contributed by atoms with van der Waals surface area (Å²) in [4.78, 5) is 8.68. The molecule has 29 heavy (non-hydrogen) atoms. The third-order valence-electron chi connectivity index (χ3n) is 5.31. The summed E-state index contributed by atoms with van der Waals surface area (Å²) >= 11 is 0. The predicted octanol–water partition coefficient (Wildman–Crippen LogP) is 5.44. The van der Waals surface area contributed by atoms with Gasteiger partial charge in [-0.05, 0) is 49.4 Å². The summed E-state index contributed by atoms with van der Waals surface area (Å²) in [7, 11) is 0. The van der Waals surface area contributed by atoms with Gasteiger partial charge in [0, 0.05) is 11.1 Å². The van der Waals surface area contributed by atoms with Crippen LogP contribution in [0, 0.1) is 20.8 Å². The van der Waals surface area contributed by atoms with Crippen molar-refractivity contribution in [2.75, 3.05) is 0 Å². The third-order valence-corrected chi connectivity index (χ3v) is 5.31. The fourth-order valence-electron chi connectivity index (χ4n) is 3.67. The van der Waals surface area contributed by atoms with E-state index in [4.69, 9.17) is 0 Å². The molecule has 2 heterocycles. The van der Waals surface area contributed by atoms with Crippen LogP contribution in [-0.2, 0) is 0 Å². The van der Waals surface area contributed by atoms with Crippen LogP contribution in [0.1, 0.15) is 42.1 Å². The van der Waals surface area contributed by atoms with E-state index < -0.39 is 0 Å². The Bertz CT molecular complexity index is 1150. The fourth-order valence-corrected chi connectivity index (χ4v) is 3.67. The SMILES string of the molecule is Cc1cccc(C)c1-c1nnc(-c2cccc(C(C)C)c2)n1-c1cncnc1C. The number of aryl methyl sites for hydroxylation is 3. The lowest BCUT2D eigenvalue weighted by Gasteiger charge is -2.15. The van der Waals surface area contributed by atoms with Crippen molar-refractivity contribution in [1.82, 2.24) is 24.7 Å². The minimum Gasteiger partial charge on any atom is -0.272 e. The minimum absolute atomic E-state index is 0.436. The highest BCUT2D eigenvalue weighted by Gasteiger charge is 2.21. The van der Waals surface area contributed by atoms with Gasteiger partial charge in [-0.3, -0.25) is 4.57 Å². The van der Waals surface area contributed by atoms with Crippen LogP contribution < -0.4 is 0 Å². The highest BCUT2D eigenvalue weighted by atomic mass is 15.3. The highest BCUT2D eigenvalue weighted by molar-refractivity contribution is 5.71. The number of rotatable bonds is 4. The Labute approximate surface area is 171 Å². The molecule has 0 aliphatic heterocycles. The van der Waals surface area contributed by atoms with Crippen LogP contribution in [-0.4, -0.2) is 24.7 Å². The van der Waals surface area contributed by atoms with Gasteiger partial charge in [0.05, 0.1) is 17.6 Å². The molecular formula is C24H25N5. The molecule has 4 rings (SSSR count). The maximum atomic E-state index is 4.63. The van der Waals surface area contributed by atoms with Gasteiger partial charge < -0.3 is 0 Å². The van der Waals surface area contributed by atoms with Gasteiger partial charge in [-0.2, -0.15) is 0 Å². The van der Waals surface area contributed by atoms with Gasteiger partial charge in [0.2, 0.25) is 0 Å². The summed E-state index contributed by atoms with van der Waals surface area (Å²) in [6.45, 7) is 10.6. The molecule has 146 valence electrons. The first kappa shape index (κ1) is 19.0. The second-order valence-electron chi connectivity index (χ2n) is 7.72. The molecule has 0 saturated heterocycles. The molecular weight excluding hydrogens is 358 g/mol. The molecule has 0 aliphatic rings. The van der Waals surface area contributed by atoms with Crippen LogP contribution in [0.2, 0.25) is 0 Å². The van der Waals surface area contributed by atoms with Gasteiger partial charge in [-0.1, -0.05) is 50.2 Å². The average molecular weight is 383 g/mol. The van der Waals surface area contributed by atoms with E-state index in [1.807, 2.05) is 13.1 Å². The zero-order valence-corrected chi connectivity index (χ0v) is 17.5. The molecule has 0 aliphatic carbocycles. The van der Waals surface area contributed by atoms with Gasteiger partial charge in [0.25, 0.3) is 0 Å². The van der Waals surface area contributed by atoms with Crippen molar-refractivity contribution in [3.05, 3.63) is 77.4 Å². The van der Waals surface area contributed by atoms with E-state index in [0.717, 1.165) is 45.3 Å². The summed E-state index contributed by atoms with van der Waals surface area (Å²) in [5.41, 5.74) is 7.49. The second-order valence-corrected chi connectivity index (χ2v) is 7.72. The molecule has 5 nitrogen and oxygen atoms in total. The smallest absolute Gasteiger partial charge is 0.169 e. The van der Waals surface area contributed by atoms with Crippen LogP contribution in [0.3, 0.4) is 0 Å². The lowest BCUT2D eigenvalue weighted by Crippen LogP contribution is -2.06. The number of hydrogen-bond donors (Lipinski definition) is 0. The van der Waals surface area contributed by atoms with Gasteiger partial charge in [-0.25, -0.2) is 9.97 Å². The van der Waals surface area contributed by atoms with E-state index in [2.05, 4.69) is 94.9 Å². The molecule has 0 N–H and O–H groups in total. The number of nitrogens with zero attached hydrogens (tertiary/aromatic N) is 5. The third kappa shape index (κ3) is 3.44. The first-order chi connectivity index (χ1) is 14.0. The zero-order chi connectivity index (χ0) is 20.5. The van der Waals surface area contributed by atoms with Gasteiger partial charge in [0.1, 0.15) is 6.33 Å². The Morgan fingerprint density at radius 2 is 1.55 bits per heavy atom. The number of hydrogen-bond acceptors (Lipinski definition) is 4. The lowest BCUT2D eigenvalue weighted by atomic mass is 10.00. The standard InChI is InChI=1S/C24H25N5/c1-15(2)19-10-7-11-20(12-19)23-27-28-24(22-16(3)8-6-9-17(22)4)29(23)21-13-25-14-26-18(21)5/h6-15H,1-5H3. The monoisotopic (exact) mass is 383 g/mol. The molecule has 0 unspecified atom stereocenters. The summed E-state index contributed by atoms with van der Waals surface area (Å²) in [6, 6.07) is 14.8. The van der Waals surface area contributed by atoms with Crippen LogP contribution >= 0.6 is 0 Å². The maximum Gasteiger partial charge on any atom is 0.169 e. The Morgan fingerprint density at radius 3 is 2.24 bits per heavy atom. The van der Waals surface area contributed by atoms with Crippen molar-refractivity contribution >= 4 is 0 Å². The van der Waals surface area contributed by atoms with Crippen LogP contribution in [0.25, 0.3) is 28.5 Å². The average Bonchev–Trinajstić information content (AvgIpc) is 3.13. The Hall–Kier alpha value is -3.34. The molecule has 5 heteroatoms. The van der Waals surface area contributed by atoms with Gasteiger partial charge in [-0.15, -0.1) is 10.2 Å². The van der Waals surface area contributed by atoms with Crippen molar-refractivity contribution < 1.29 is 0 Å². The summed E-state index contributed by atoms with van der Waals surface area (Å²) in [6.07, 6.45) is 3.40. The largest absolute Gasteiger partial charge is 0.272 e. The molecule has 2 aromatic carbocycles. The van der Waals surface area contributed by atoms with Crippen molar-refractivity contribution in [3.8, 4) is 28.5 Å². The van der Waals surface area contributed by atoms with E-state index >= 15 is 0 Å². The quantitative estimate of drug-likeness (QED) is 0.471. The highest BCUT2D eigenvalue weighted by Crippen LogP contribution is 2.33. The maximum absolute atomic E-state index is 4.63. The van der Waals surface area contributed by atoms with Crippen LogP contribution in [0.5, 0.6) is 0 Å². The van der Waals surface area contributed by atoms with Crippen LogP contribution in [0.4, 0.5) is 0 Å². The predicted molar refractivity (Wildman–Crippen MR) is 116 cm³/mol. The van der Waals surface area contributed by atoms with E-state index in [1.54, 1.807) is 6.33 Å². The van der Waals surface area contributed by atoms with Crippen molar-refractivity contribution in [2.45, 2.75) is 40.5 Å². The summed E-state index contributed by atoms with van der Waals surface area (Å²) < 4.78 is 2.09. The fraction of sp³-hybridized carbons (Fsp3) is 0.250. The lowest BCUT2D eigenvalue weighted by molar-refractivity contribution is 0.866. The molecule has 0 saturated carbocycles. The van der Waals surface area contributed by atoms with E-state index in [0.29, 0.717) is 5.92 Å². The molecule has 0 fully saturated rings. The number of aromatic nitrogens is 5. The first-order valence-electron chi connectivity index (χ1n) is 9.86. The second kappa shape index (κ2) is 7.59. The Balaban J connectivity index is 2.03. The topological polar surface area (TPSA) is 56.5 Å². The molecule has 0 atom stereocenters. The van der Waals surface area contributed by atoms with E-state index in [-0.39, 0.29) is 0 Å². The number of benzene rings is 2. The zero-order valence-electron chi connectivity index (χ0n) is 17.5. The first-order valence-corrected chi connectivity index (χ1v) is 9.86. The molecule has 0 amide bonds. The van der Waals surface area contributed by atoms with Crippen molar-refractivity contribution in [2.24, 2.45) is 0 Å².